The van der Waals surface area contributed by atoms with E-state index in [4.69, 9.17) is 4.74 Å². The van der Waals surface area contributed by atoms with Crippen LogP contribution in [0.5, 0.6) is 5.75 Å². The van der Waals surface area contributed by atoms with Crippen molar-refractivity contribution in [3.05, 3.63) is 48.1 Å². The van der Waals surface area contributed by atoms with Gasteiger partial charge in [0.2, 0.25) is 5.91 Å². The molecular weight excluding hydrogens is 242 g/mol. The highest BCUT2D eigenvalue weighted by atomic mass is 16.5. The maximum atomic E-state index is 11.9. The highest BCUT2D eigenvalue weighted by molar-refractivity contribution is 6.03. The topological polar surface area (TPSA) is 55.4 Å². The second-order valence-electron chi connectivity index (χ2n) is 4.72. The van der Waals surface area contributed by atoms with Crippen molar-refractivity contribution in [2.45, 2.75) is 11.8 Å². The lowest BCUT2D eigenvalue weighted by Gasteiger charge is -2.35. The van der Waals surface area contributed by atoms with Crippen molar-refractivity contribution in [1.29, 1.82) is 0 Å². The number of ether oxygens (including phenoxy) is 1. The molecule has 0 radical (unpaired) electrons. The summed E-state index contributed by atoms with van der Waals surface area (Å²) in [5.41, 5.74) is 1.09. The number of hydrogen-bond acceptors (Lipinski definition) is 3. The molecule has 0 bridgehead atoms. The van der Waals surface area contributed by atoms with Gasteiger partial charge in [0.1, 0.15) is 5.75 Å². The third kappa shape index (κ3) is 1.76. The van der Waals surface area contributed by atoms with Crippen LogP contribution >= 0.6 is 0 Å². The first-order valence-electron chi connectivity index (χ1n) is 6.04. The predicted molar refractivity (Wildman–Crippen MR) is 71.2 cm³/mol. The normalized spacial score (nSPS) is 19.2. The van der Waals surface area contributed by atoms with Crippen LogP contribution in [0.1, 0.15) is 12.0 Å². The lowest BCUT2D eigenvalue weighted by molar-refractivity contribution is -0.117. The molecular formula is C15H13NO3. The summed E-state index contributed by atoms with van der Waals surface area (Å²) in [6.07, 6.45) is 6.93. The number of fused-ring (bicyclic) bond motifs is 2. The average Bonchev–Trinajstić information content (AvgIpc) is 2.41. The van der Waals surface area contributed by atoms with Gasteiger partial charge in [0.15, 0.2) is 5.78 Å². The maximum absolute atomic E-state index is 11.9. The summed E-state index contributed by atoms with van der Waals surface area (Å²) < 4.78 is 5.29. The number of rotatable bonds is 1. The van der Waals surface area contributed by atoms with Crippen LogP contribution in [-0.4, -0.2) is 18.8 Å². The first-order chi connectivity index (χ1) is 9.14. The predicted octanol–water partition coefficient (Wildman–Crippen LogP) is 1.97. The van der Waals surface area contributed by atoms with Gasteiger partial charge in [-0.2, -0.15) is 0 Å². The Hall–Kier alpha value is -2.36. The van der Waals surface area contributed by atoms with Crippen molar-refractivity contribution in [3.8, 4) is 5.75 Å². The van der Waals surface area contributed by atoms with Gasteiger partial charge < -0.3 is 10.1 Å². The summed E-state index contributed by atoms with van der Waals surface area (Å²) in [5.74, 6) is 0.491. The molecule has 0 saturated heterocycles. The molecule has 3 rings (SSSR count). The Kier molecular flexibility index (Phi) is 2.52. The molecule has 1 amide bonds. The van der Waals surface area contributed by atoms with Crippen molar-refractivity contribution in [2.24, 2.45) is 0 Å². The molecule has 1 aliphatic heterocycles. The monoisotopic (exact) mass is 255 g/mol. The summed E-state index contributed by atoms with van der Waals surface area (Å²) in [4.78, 5) is 23.2. The van der Waals surface area contributed by atoms with Crippen molar-refractivity contribution in [1.82, 2.24) is 0 Å². The summed E-state index contributed by atoms with van der Waals surface area (Å²) in [6.45, 7) is 0. The molecule has 1 heterocycles. The Labute approximate surface area is 110 Å². The van der Waals surface area contributed by atoms with Gasteiger partial charge in [-0.05, 0) is 23.8 Å². The smallest absolute Gasteiger partial charge is 0.226 e. The van der Waals surface area contributed by atoms with Crippen molar-refractivity contribution < 1.29 is 14.3 Å². The van der Waals surface area contributed by atoms with E-state index in [0.29, 0.717) is 17.9 Å². The van der Waals surface area contributed by atoms with Crippen molar-refractivity contribution in [3.63, 3.8) is 0 Å². The SMILES string of the molecule is COc1cccc2c1NC(=O)CC21C=CC(=O)C=C1. The molecule has 96 valence electrons. The molecule has 0 atom stereocenters. The zero-order valence-corrected chi connectivity index (χ0v) is 10.5. The number of hydrogen-bond donors (Lipinski definition) is 1. The Balaban J connectivity index is 2.21. The van der Waals surface area contributed by atoms with Gasteiger partial charge in [-0.3, -0.25) is 9.59 Å². The molecule has 4 nitrogen and oxygen atoms in total. The maximum Gasteiger partial charge on any atom is 0.226 e. The Bertz CT molecular complexity index is 612. The summed E-state index contributed by atoms with van der Waals surface area (Å²) in [5, 5.41) is 2.85. The number of nitrogens with one attached hydrogen (secondary N) is 1. The highest BCUT2D eigenvalue weighted by Crippen LogP contribution is 2.44. The quantitative estimate of drug-likeness (QED) is 0.834. The molecule has 4 heteroatoms. The van der Waals surface area contributed by atoms with Crippen LogP contribution in [0.4, 0.5) is 5.69 Å². The van der Waals surface area contributed by atoms with E-state index < -0.39 is 5.41 Å². The lowest BCUT2D eigenvalue weighted by Crippen LogP contribution is -2.35. The van der Waals surface area contributed by atoms with Gasteiger partial charge in [0.05, 0.1) is 12.8 Å². The number of carbonyl (C=O) groups excluding carboxylic acids is 2. The number of para-hydroxylation sites is 1. The van der Waals surface area contributed by atoms with Crippen molar-refractivity contribution >= 4 is 17.4 Å². The highest BCUT2D eigenvalue weighted by Gasteiger charge is 2.38. The van der Waals surface area contributed by atoms with Gasteiger partial charge in [0, 0.05) is 11.8 Å². The van der Waals surface area contributed by atoms with E-state index in [9.17, 15) is 9.59 Å². The van der Waals surface area contributed by atoms with Gasteiger partial charge >= 0.3 is 0 Å². The summed E-state index contributed by atoms with van der Waals surface area (Å²) >= 11 is 0. The van der Waals surface area contributed by atoms with Crippen LogP contribution in [0.2, 0.25) is 0 Å². The number of ketones is 1. The van der Waals surface area contributed by atoms with E-state index in [-0.39, 0.29) is 11.7 Å². The van der Waals surface area contributed by atoms with E-state index in [1.165, 1.54) is 12.2 Å². The summed E-state index contributed by atoms with van der Waals surface area (Å²) in [6, 6.07) is 5.64. The molecule has 1 N–H and O–H groups in total. The molecule has 1 aromatic rings. The fourth-order valence-corrected chi connectivity index (χ4v) is 2.63. The second-order valence-corrected chi connectivity index (χ2v) is 4.72. The van der Waals surface area contributed by atoms with E-state index >= 15 is 0 Å². The van der Waals surface area contributed by atoms with E-state index in [2.05, 4.69) is 5.32 Å². The Morgan fingerprint density at radius 2 is 1.95 bits per heavy atom. The zero-order valence-electron chi connectivity index (χ0n) is 10.5. The third-order valence-electron chi connectivity index (χ3n) is 3.56. The van der Waals surface area contributed by atoms with Crippen LogP contribution < -0.4 is 10.1 Å². The first kappa shape index (κ1) is 11.7. The van der Waals surface area contributed by atoms with Crippen molar-refractivity contribution in [2.75, 3.05) is 12.4 Å². The lowest BCUT2D eigenvalue weighted by atomic mass is 9.72. The number of methoxy groups -OCH3 is 1. The minimum absolute atomic E-state index is 0.0546. The first-order valence-corrected chi connectivity index (χ1v) is 6.04. The molecule has 1 aromatic carbocycles. The van der Waals surface area contributed by atoms with Gasteiger partial charge in [-0.1, -0.05) is 24.3 Å². The third-order valence-corrected chi connectivity index (χ3v) is 3.56. The molecule has 0 unspecified atom stereocenters. The van der Waals surface area contributed by atoms with Crippen LogP contribution in [0, 0.1) is 0 Å². The Morgan fingerprint density at radius 1 is 1.21 bits per heavy atom. The van der Waals surface area contributed by atoms with Gasteiger partial charge in [0.25, 0.3) is 0 Å². The van der Waals surface area contributed by atoms with Crippen LogP contribution in [-0.2, 0) is 15.0 Å². The molecule has 1 aliphatic carbocycles. The number of benzene rings is 1. The number of carbonyl (C=O) groups is 2. The number of amides is 1. The Morgan fingerprint density at radius 3 is 2.63 bits per heavy atom. The number of anilines is 1. The number of allylic oxidation sites excluding steroid dienone is 4. The zero-order chi connectivity index (χ0) is 13.5. The standard InChI is InChI=1S/C15H13NO3/c1-19-12-4-2-3-11-14(12)16-13(18)9-15(11)7-5-10(17)6-8-15/h2-8H,9H2,1H3,(H,16,18). The van der Waals surface area contributed by atoms with E-state index in [0.717, 1.165) is 5.56 Å². The molecule has 1 spiro atoms. The van der Waals surface area contributed by atoms with Gasteiger partial charge in [-0.15, -0.1) is 0 Å². The average molecular weight is 255 g/mol. The van der Waals surface area contributed by atoms with Gasteiger partial charge in [-0.25, -0.2) is 0 Å². The molecule has 19 heavy (non-hydrogen) atoms. The van der Waals surface area contributed by atoms with Crippen LogP contribution in [0.15, 0.2) is 42.5 Å². The minimum Gasteiger partial charge on any atom is -0.495 e. The largest absolute Gasteiger partial charge is 0.495 e. The summed E-state index contributed by atoms with van der Waals surface area (Å²) in [7, 11) is 1.57. The molecule has 0 saturated carbocycles. The van der Waals surface area contributed by atoms with E-state index in [1.54, 1.807) is 25.3 Å². The molecule has 2 aliphatic rings. The molecule has 0 fully saturated rings. The van der Waals surface area contributed by atoms with E-state index in [1.807, 2.05) is 12.1 Å². The molecule has 0 aromatic heterocycles. The van der Waals surface area contributed by atoms with Crippen LogP contribution in [0.3, 0.4) is 0 Å². The second kappa shape index (κ2) is 4.09. The fraction of sp³-hybridized carbons (Fsp3) is 0.200. The minimum atomic E-state index is -0.542. The fourth-order valence-electron chi connectivity index (χ4n) is 2.63. The van der Waals surface area contributed by atoms with Crippen LogP contribution in [0.25, 0.3) is 0 Å².